The standard InChI is InChI=1S/C10H14N2O2S/c1-6(2)8(13)4-9(14)12-10-11-7(3)5-15-10/h5-6H,4H2,1-3H3,(H,11,12,14). The number of aromatic nitrogens is 1. The first-order valence-electron chi connectivity index (χ1n) is 4.73. The van der Waals surface area contributed by atoms with E-state index in [2.05, 4.69) is 10.3 Å². The number of amides is 1. The van der Waals surface area contributed by atoms with Crippen LogP contribution in [0.1, 0.15) is 26.0 Å². The lowest BCUT2D eigenvalue weighted by molar-refractivity contribution is -0.127. The summed E-state index contributed by atoms with van der Waals surface area (Å²) in [4.78, 5) is 26.7. The number of ketones is 1. The molecule has 0 fully saturated rings. The Morgan fingerprint density at radius 1 is 1.53 bits per heavy atom. The summed E-state index contributed by atoms with van der Waals surface area (Å²) in [6.07, 6.45) is -0.0731. The van der Waals surface area contributed by atoms with Gasteiger partial charge < -0.3 is 5.32 Å². The Hall–Kier alpha value is -1.23. The van der Waals surface area contributed by atoms with Crippen molar-refractivity contribution < 1.29 is 9.59 Å². The Bertz CT molecular complexity index is 371. The predicted molar refractivity (Wildman–Crippen MR) is 59.9 cm³/mol. The molecular weight excluding hydrogens is 212 g/mol. The molecule has 0 radical (unpaired) electrons. The van der Waals surface area contributed by atoms with Gasteiger partial charge in [0.1, 0.15) is 5.78 Å². The van der Waals surface area contributed by atoms with Crippen LogP contribution in [0.3, 0.4) is 0 Å². The number of thiazole rings is 1. The number of aryl methyl sites for hydroxylation is 1. The molecule has 0 unspecified atom stereocenters. The molecule has 0 bridgehead atoms. The maximum Gasteiger partial charge on any atom is 0.233 e. The Kier molecular flexibility index (Phi) is 3.96. The van der Waals surface area contributed by atoms with E-state index in [0.29, 0.717) is 5.13 Å². The van der Waals surface area contributed by atoms with Crippen LogP contribution in [0.15, 0.2) is 5.38 Å². The van der Waals surface area contributed by atoms with Crippen molar-refractivity contribution >= 4 is 28.2 Å². The molecule has 0 aliphatic carbocycles. The second kappa shape index (κ2) is 5.02. The molecule has 1 heterocycles. The maximum absolute atomic E-state index is 11.4. The highest BCUT2D eigenvalue weighted by Gasteiger charge is 2.13. The van der Waals surface area contributed by atoms with E-state index >= 15 is 0 Å². The second-order valence-corrected chi connectivity index (χ2v) is 4.50. The molecule has 1 amide bonds. The minimum absolute atomic E-state index is 0.0548. The molecule has 1 N–H and O–H groups in total. The molecule has 15 heavy (non-hydrogen) atoms. The molecule has 0 aliphatic rings. The fourth-order valence-electron chi connectivity index (χ4n) is 0.937. The molecule has 1 aromatic rings. The summed E-state index contributed by atoms with van der Waals surface area (Å²) in [5.41, 5.74) is 0.866. The van der Waals surface area contributed by atoms with Crippen molar-refractivity contribution in [3.8, 4) is 0 Å². The summed E-state index contributed by atoms with van der Waals surface area (Å²) in [5.74, 6) is -0.447. The molecule has 0 saturated heterocycles. The van der Waals surface area contributed by atoms with Crippen molar-refractivity contribution in [1.29, 1.82) is 0 Å². The van der Waals surface area contributed by atoms with Gasteiger partial charge in [-0.3, -0.25) is 9.59 Å². The van der Waals surface area contributed by atoms with Gasteiger partial charge in [0, 0.05) is 11.3 Å². The van der Waals surface area contributed by atoms with Crippen LogP contribution < -0.4 is 5.32 Å². The van der Waals surface area contributed by atoms with E-state index in [4.69, 9.17) is 0 Å². The minimum Gasteiger partial charge on any atom is -0.302 e. The van der Waals surface area contributed by atoms with Gasteiger partial charge in [-0.2, -0.15) is 0 Å². The van der Waals surface area contributed by atoms with E-state index in [-0.39, 0.29) is 24.0 Å². The summed E-state index contributed by atoms with van der Waals surface area (Å²) in [6.45, 7) is 5.41. The third-order valence-corrected chi connectivity index (χ3v) is 2.72. The monoisotopic (exact) mass is 226 g/mol. The fourth-order valence-corrected chi connectivity index (χ4v) is 1.64. The lowest BCUT2D eigenvalue weighted by atomic mass is 10.1. The van der Waals surface area contributed by atoms with Crippen LogP contribution in [-0.2, 0) is 9.59 Å². The Morgan fingerprint density at radius 2 is 2.20 bits per heavy atom. The van der Waals surface area contributed by atoms with Gasteiger partial charge in [0.25, 0.3) is 0 Å². The molecule has 4 nitrogen and oxygen atoms in total. The minimum atomic E-state index is -0.289. The topological polar surface area (TPSA) is 59.1 Å². The third-order valence-electron chi connectivity index (χ3n) is 1.84. The summed E-state index contributed by atoms with van der Waals surface area (Å²) >= 11 is 1.36. The van der Waals surface area contributed by atoms with Crippen LogP contribution in [-0.4, -0.2) is 16.7 Å². The molecule has 5 heteroatoms. The highest BCUT2D eigenvalue weighted by Crippen LogP contribution is 2.14. The van der Waals surface area contributed by atoms with E-state index in [1.54, 1.807) is 13.8 Å². The van der Waals surface area contributed by atoms with Gasteiger partial charge in [-0.05, 0) is 6.92 Å². The predicted octanol–water partition coefficient (Wildman–Crippen LogP) is 2.01. The zero-order valence-corrected chi connectivity index (χ0v) is 9.85. The molecule has 0 aromatic carbocycles. The molecule has 1 aromatic heterocycles. The number of Topliss-reactive ketones (excluding diaryl/α,β-unsaturated/α-hetero) is 1. The van der Waals surface area contributed by atoms with Gasteiger partial charge in [0.2, 0.25) is 5.91 Å². The number of nitrogens with zero attached hydrogens (tertiary/aromatic N) is 1. The van der Waals surface area contributed by atoms with Crippen molar-refractivity contribution in [1.82, 2.24) is 4.98 Å². The highest BCUT2D eigenvalue weighted by molar-refractivity contribution is 7.13. The van der Waals surface area contributed by atoms with E-state index < -0.39 is 0 Å². The van der Waals surface area contributed by atoms with Crippen LogP contribution in [0.25, 0.3) is 0 Å². The number of carbonyl (C=O) groups is 2. The largest absolute Gasteiger partial charge is 0.302 e. The summed E-state index contributed by atoms with van der Waals surface area (Å²) in [6, 6.07) is 0. The van der Waals surface area contributed by atoms with Crippen LogP contribution in [0.4, 0.5) is 5.13 Å². The number of anilines is 1. The van der Waals surface area contributed by atoms with Gasteiger partial charge in [0.05, 0.1) is 12.1 Å². The lowest BCUT2D eigenvalue weighted by Gasteiger charge is -2.03. The quantitative estimate of drug-likeness (QED) is 0.799. The average molecular weight is 226 g/mol. The number of hydrogen-bond donors (Lipinski definition) is 1. The van der Waals surface area contributed by atoms with Crippen molar-refractivity contribution in [2.24, 2.45) is 5.92 Å². The lowest BCUT2D eigenvalue weighted by Crippen LogP contribution is -2.19. The number of hydrogen-bond acceptors (Lipinski definition) is 4. The number of carbonyl (C=O) groups excluding carboxylic acids is 2. The van der Waals surface area contributed by atoms with Gasteiger partial charge in [-0.25, -0.2) is 4.98 Å². The third kappa shape index (κ3) is 3.79. The van der Waals surface area contributed by atoms with E-state index in [0.717, 1.165) is 5.69 Å². The normalized spacial score (nSPS) is 10.4. The second-order valence-electron chi connectivity index (χ2n) is 3.64. The molecule has 0 saturated carbocycles. The van der Waals surface area contributed by atoms with Crippen LogP contribution in [0.5, 0.6) is 0 Å². The number of nitrogens with one attached hydrogen (secondary N) is 1. The molecule has 82 valence electrons. The van der Waals surface area contributed by atoms with Crippen molar-refractivity contribution in [2.45, 2.75) is 27.2 Å². The smallest absolute Gasteiger partial charge is 0.233 e. The van der Waals surface area contributed by atoms with Crippen LogP contribution >= 0.6 is 11.3 Å². The van der Waals surface area contributed by atoms with E-state index in [1.165, 1.54) is 11.3 Å². The Morgan fingerprint density at radius 3 is 2.67 bits per heavy atom. The van der Waals surface area contributed by atoms with Crippen LogP contribution in [0.2, 0.25) is 0 Å². The fraction of sp³-hybridized carbons (Fsp3) is 0.500. The first-order chi connectivity index (χ1) is 6.99. The Balaban J connectivity index is 2.46. The van der Waals surface area contributed by atoms with E-state index in [9.17, 15) is 9.59 Å². The zero-order chi connectivity index (χ0) is 11.4. The first kappa shape index (κ1) is 11.8. The van der Waals surface area contributed by atoms with Gasteiger partial charge in [0.15, 0.2) is 5.13 Å². The maximum atomic E-state index is 11.4. The van der Waals surface area contributed by atoms with Gasteiger partial charge >= 0.3 is 0 Å². The molecular formula is C10H14N2O2S. The zero-order valence-electron chi connectivity index (χ0n) is 9.03. The summed E-state index contributed by atoms with van der Waals surface area (Å²) < 4.78 is 0. The Labute approximate surface area is 92.7 Å². The first-order valence-corrected chi connectivity index (χ1v) is 5.61. The SMILES string of the molecule is Cc1csc(NC(=O)CC(=O)C(C)C)n1. The molecule has 0 aliphatic heterocycles. The van der Waals surface area contributed by atoms with Crippen LogP contribution in [0, 0.1) is 12.8 Å². The van der Waals surface area contributed by atoms with Gasteiger partial charge in [-0.15, -0.1) is 11.3 Å². The van der Waals surface area contributed by atoms with Crippen molar-refractivity contribution in [3.63, 3.8) is 0 Å². The molecule has 0 atom stereocenters. The van der Waals surface area contributed by atoms with Crippen molar-refractivity contribution in [2.75, 3.05) is 5.32 Å². The van der Waals surface area contributed by atoms with Gasteiger partial charge in [-0.1, -0.05) is 13.8 Å². The summed E-state index contributed by atoms with van der Waals surface area (Å²) in [7, 11) is 0. The highest BCUT2D eigenvalue weighted by atomic mass is 32.1. The molecule has 1 rings (SSSR count). The average Bonchev–Trinajstić information content (AvgIpc) is 2.50. The van der Waals surface area contributed by atoms with Crippen molar-refractivity contribution in [3.05, 3.63) is 11.1 Å². The number of rotatable bonds is 4. The summed E-state index contributed by atoms with van der Waals surface area (Å²) in [5, 5.41) is 4.99. The van der Waals surface area contributed by atoms with E-state index in [1.807, 2.05) is 12.3 Å². The molecule has 0 spiro atoms.